The van der Waals surface area contributed by atoms with E-state index in [1.165, 1.54) is 6.08 Å². The Labute approximate surface area is 177 Å². The fourth-order valence-corrected chi connectivity index (χ4v) is 2.91. The lowest BCUT2D eigenvalue weighted by atomic mass is 10.1. The van der Waals surface area contributed by atoms with Crippen LogP contribution in [0.3, 0.4) is 0 Å². The van der Waals surface area contributed by atoms with Crippen molar-refractivity contribution in [1.82, 2.24) is 0 Å². The molecule has 0 radical (unpaired) electrons. The Balaban J connectivity index is 2.09. The molecule has 2 aromatic carbocycles. The highest BCUT2D eigenvalue weighted by molar-refractivity contribution is 14.1. The van der Waals surface area contributed by atoms with Crippen LogP contribution >= 0.6 is 22.6 Å². The molecule has 0 fully saturated rings. The average Bonchev–Trinajstić information content (AvgIpc) is 2.67. The summed E-state index contributed by atoms with van der Waals surface area (Å²) in [7, 11) is 0. The van der Waals surface area contributed by atoms with Crippen LogP contribution < -0.4 is 10.1 Å². The number of nitrogens with one attached hydrogen (secondary N) is 1. The summed E-state index contributed by atoms with van der Waals surface area (Å²) < 4.78 is 11.0. The quantitative estimate of drug-likeness (QED) is 0.274. The maximum atomic E-state index is 12.3. The molecule has 0 spiro atoms. The second kappa shape index (κ2) is 10.5. The summed E-state index contributed by atoms with van der Waals surface area (Å²) in [6.07, 6.45) is 1.50. The van der Waals surface area contributed by atoms with Crippen molar-refractivity contribution in [2.24, 2.45) is 0 Å². The minimum absolute atomic E-state index is 0.0171. The monoisotopic (exact) mass is 490 g/mol. The van der Waals surface area contributed by atoms with Gasteiger partial charge in [0, 0.05) is 5.69 Å². The smallest absolute Gasteiger partial charge is 0.344 e. The lowest BCUT2D eigenvalue weighted by molar-refractivity contribution is -0.145. The molecule has 2 aromatic rings. The van der Waals surface area contributed by atoms with Crippen LogP contribution in [-0.2, 0) is 14.3 Å². The molecule has 7 heteroatoms. The standard InChI is InChI=1S/C21H19IN2O4/c1-3-27-20(25)13-28-19-9-6-15(11-18(19)22)10-16(12-23)21(26)24-17-7-4-14(2)5-8-17/h4-11H,3,13H2,1-2H3,(H,24,26)/b16-10+. The number of halogens is 1. The predicted molar refractivity (Wildman–Crippen MR) is 115 cm³/mol. The number of rotatable bonds is 7. The number of anilines is 1. The predicted octanol–water partition coefficient (Wildman–Crippen LogP) is 4.09. The maximum Gasteiger partial charge on any atom is 0.344 e. The molecule has 1 N–H and O–H groups in total. The molecule has 0 aliphatic rings. The van der Waals surface area contributed by atoms with Gasteiger partial charge < -0.3 is 14.8 Å². The van der Waals surface area contributed by atoms with Crippen molar-refractivity contribution in [1.29, 1.82) is 5.26 Å². The number of hydrogen-bond donors (Lipinski definition) is 1. The van der Waals surface area contributed by atoms with Gasteiger partial charge in [-0.05, 0) is 72.3 Å². The van der Waals surface area contributed by atoms with Gasteiger partial charge in [0.25, 0.3) is 5.91 Å². The number of aryl methyl sites for hydroxylation is 1. The molecule has 28 heavy (non-hydrogen) atoms. The van der Waals surface area contributed by atoms with Gasteiger partial charge >= 0.3 is 5.97 Å². The molecular formula is C21H19IN2O4. The topological polar surface area (TPSA) is 88.4 Å². The number of ether oxygens (including phenoxy) is 2. The zero-order valence-electron chi connectivity index (χ0n) is 15.5. The molecule has 0 bridgehead atoms. The summed E-state index contributed by atoms with van der Waals surface area (Å²) in [5, 5.41) is 12.0. The third kappa shape index (κ3) is 6.39. The van der Waals surface area contributed by atoms with Crippen LogP contribution in [0.15, 0.2) is 48.0 Å². The Hall–Kier alpha value is -2.86. The maximum absolute atomic E-state index is 12.3. The van der Waals surface area contributed by atoms with E-state index in [0.717, 1.165) is 9.13 Å². The van der Waals surface area contributed by atoms with Crippen LogP contribution in [0.2, 0.25) is 0 Å². The fraction of sp³-hybridized carbons (Fsp3) is 0.190. The second-order valence-electron chi connectivity index (χ2n) is 5.77. The number of nitriles is 1. The van der Waals surface area contributed by atoms with Gasteiger partial charge in [-0.2, -0.15) is 5.26 Å². The van der Waals surface area contributed by atoms with E-state index >= 15 is 0 Å². The van der Waals surface area contributed by atoms with Crippen molar-refractivity contribution < 1.29 is 19.1 Å². The summed E-state index contributed by atoms with van der Waals surface area (Å²) in [5.74, 6) is -0.403. The van der Waals surface area contributed by atoms with E-state index in [-0.39, 0.29) is 12.2 Å². The Morgan fingerprint density at radius 2 is 1.93 bits per heavy atom. The molecule has 1 amide bonds. The highest BCUT2D eigenvalue weighted by atomic mass is 127. The number of benzene rings is 2. The minimum Gasteiger partial charge on any atom is -0.481 e. The Morgan fingerprint density at radius 1 is 1.21 bits per heavy atom. The van der Waals surface area contributed by atoms with E-state index in [1.54, 1.807) is 37.3 Å². The molecular weight excluding hydrogens is 471 g/mol. The zero-order valence-corrected chi connectivity index (χ0v) is 17.6. The first-order chi connectivity index (χ1) is 13.4. The molecule has 0 aromatic heterocycles. The summed E-state index contributed by atoms with van der Waals surface area (Å²) in [6, 6.07) is 14.4. The normalized spacial score (nSPS) is 10.7. The van der Waals surface area contributed by atoms with Gasteiger partial charge in [-0.1, -0.05) is 23.8 Å². The Kier molecular flexibility index (Phi) is 8.02. The number of esters is 1. The highest BCUT2D eigenvalue weighted by Gasteiger charge is 2.11. The third-order valence-corrected chi connectivity index (χ3v) is 4.44. The fourth-order valence-electron chi connectivity index (χ4n) is 2.21. The van der Waals surface area contributed by atoms with E-state index in [4.69, 9.17) is 9.47 Å². The van der Waals surface area contributed by atoms with Gasteiger partial charge in [0.2, 0.25) is 0 Å². The molecule has 0 aliphatic carbocycles. The van der Waals surface area contributed by atoms with Crippen LogP contribution in [0, 0.1) is 21.8 Å². The molecule has 0 unspecified atom stereocenters. The van der Waals surface area contributed by atoms with Crippen LogP contribution in [-0.4, -0.2) is 25.1 Å². The van der Waals surface area contributed by atoms with E-state index in [9.17, 15) is 14.9 Å². The number of carbonyl (C=O) groups excluding carboxylic acids is 2. The van der Waals surface area contributed by atoms with Crippen LogP contribution in [0.4, 0.5) is 5.69 Å². The molecule has 144 valence electrons. The zero-order chi connectivity index (χ0) is 20.5. The number of carbonyl (C=O) groups is 2. The molecule has 2 rings (SSSR count). The molecule has 0 heterocycles. The third-order valence-electron chi connectivity index (χ3n) is 3.59. The molecule has 0 aliphatic heterocycles. The van der Waals surface area contributed by atoms with Gasteiger partial charge in [-0.15, -0.1) is 0 Å². The van der Waals surface area contributed by atoms with Gasteiger partial charge in [-0.25, -0.2) is 4.79 Å². The van der Waals surface area contributed by atoms with Gasteiger partial charge in [0.15, 0.2) is 6.61 Å². The summed E-state index contributed by atoms with van der Waals surface area (Å²) in [5.41, 5.74) is 2.35. The summed E-state index contributed by atoms with van der Waals surface area (Å²) in [6.45, 7) is 3.80. The van der Waals surface area contributed by atoms with Gasteiger partial charge in [-0.3, -0.25) is 4.79 Å². The second-order valence-corrected chi connectivity index (χ2v) is 6.94. The van der Waals surface area contributed by atoms with Gasteiger partial charge in [0.1, 0.15) is 17.4 Å². The first kappa shape index (κ1) is 21.4. The van der Waals surface area contributed by atoms with Gasteiger partial charge in [0.05, 0.1) is 10.2 Å². The molecule has 0 saturated carbocycles. The van der Waals surface area contributed by atoms with Crippen molar-refractivity contribution in [3.05, 3.63) is 62.7 Å². The van der Waals surface area contributed by atoms with Crippen molar-refractivity contribution in [2.75, 3.05) is 18.5 Å². The molecule has 6 nitrogen and oxygen atoms in total. The van der Waals surface area contributed by atoms with Crippen molar-refractivity contribution in [2.45, 2.75) is 13.8 Å². The molecule has 0 atom stereocenters. The lowest BCUT2D eigenvalue weighted by Gasteiger charge is -2.09. The van der Waals surface area contributed by atoms with Crippen molar-refractivity contribution in [3.8, 4) is 11.8 Å². The Bertz CT molecular complexity index is 930. The van der Waals surface area contributed by atoms with E-state index < -0.39 is 11.9 Å². The van der Waals surface area contributed by atoms with E-state index in [1.807, 2.05) is 25.1 Å². The highest BCUT2D eigenvalue weighted by Crippen LogP contribution is 2.23. The number of nitrogens with zero attached hydrogens (tertiary/aromatic N) is 1. The molecule has 0 saturated heterocycles. The van der Waals surface area contributed by atoms with Crippen LogP contribution in [0.5, 0.6) is 5.75 Å². The SMILES string of the molecule is CCOC(=O)COc1ccc(/C=C(\C#N)C(=O)Nc2ccc(C)cc2)cc1I. The van der Waals surface area contributed by atoms with Crippen LogP contribution in [0.25, 0.3) is 6.08 Å². The van der Waals surface area contributed by atoms with E-state index in [0.29, 0.717) is 23.6 Å². The Morgan fingerprint density at radius 3 is 2.54 bits per heavy atom. The average molecular weight is 490 g/mol. The lowest BCUT2D eigenvalue weighted by Crippen LogP contribution is -2.15. The van der Waals surface area contributed by atoms with Crippen LogP contribution in [0.1, 0.15) is 18.1 Å². The summed E-state index contributed by atoms with van der Waals surface area (Å²) >= 11 is 2.06. The first-order valence-electron chi connectivity index (χ1n) is 8.50. The minimum atomic E-state index is -0.482. The van der Waals surface area contributed by atoms with Crippen molar-refractivity contribution in [3.63, 3.8) is 0 Å². The first-order valence-corrected chi connectivity index (χ1v) is 9.58. The number of amides is 1. The largest absolute Gasteiger partial charge is 0.481 e. The summed E-state index contributed by atoms with van der Waals surface area (Å²) in [4.78, 5) is 23.7. The van der Waals surface area contributed by atoms with Crippen molar-refractivity contribution >= 4 is 46.2 Å². The van der Waals surface area contributed by atoms with E-state index in [2.05, 4.69) is 27.9 Å². The number of hydrogen-bond acceptors (Lipinski definition) is 5.